The van der Waals surface area contributed by atoms with Gasteiger partial charge >= 0.3 is 5.97 Å². The third-order valence-electron chi connectivity index (χ3n) is 6.36. The van der Waals surface area contributed by atoms with Crippen LogP contribution >= 0.6 is 0 Å². The van der Waals surface area contributed by atoms with Gasteiger partial charge in [0.25, 0.3) is 0 Å². The largest absolute Gasteiger partial charge is 0.487 e. The first-order chi connectivity index (χ1) is 19.0. The van der Waals surface area contributed by atoms with Crippen LogP contribution in [-0.2, 0) is 19.0 Å². The van der Waals surface area contributed by atoms with Crippen LogP contribution in [0.1, 0.15) is 32.3 Å². The second-order valence-electron chi connectivity index (χ2n) is 9.48. The van der Waals surface area contributed by atoms with Gasteiger partial charge in [0.05, 0.1) is 18.8 Å². The maximum Gasteiger partial charge on any atom is 0.323 e. The maximum absolute atomic E-state index is 12.1. The van der Waals surface area contributed by atoms with Gasteiger partial charge in [0.1, 0.15) is 43.0 Å². The van der Waals surface area contributed by atoms with Crippen molar-refractivity contribution >= 4 is 23.0 Å². The Morgan fingerprint density at radius 1 is 1.21 bits per heavy atom. The van der Waals surface area contributed by atoms with E-state index in [4.69, 9.17) is 29.2 Å². The van der Waals surface area contributed by atoms with Gasteiger partial charge in [0.15, 0.2) is 17.2 Å². The molecule has 1 aliphatic heterocycles. The molecule has 0 bridgehead atoms. The number of likely N-dealkylation sites (N-methyl/N-ethyl adjacent to an activating group) is 1. The molecule has 0 aliphatic carbocycles. The summed E-state index contributed by atoms with van der Waals surface area (Å²) >= 11 is 0. The molecule has 4 heterocycles. The Morgan fingerprint density at radius 2 is 2.00 bits per heavy atom. The van der Waals surface area contributed by atoms with Gasteiger partial charge in [0.2, 0.25) is 0 Å². The van der Waals surface area contributed by atoms with Gasteiger partial charge in [-0.1, -0.05) is 13.8 Å². The zero-order valence-electron chi connectivity index (χ0n) is 22.6. The molecule has 3 aromatic heterocycles. The Bertz CT molecular complexity index is 1270. The highest BCUT2D eigenvalue weighted by atomic mass is 16.6. The summed E-state index contributed by atoms with van der Waals surface area (Å²) in [6.07, 6.45) is 4.89. The van der Waals surface area contributed by atoms with Crippen LogP contribution in [0.4, 0.5) is 5.82 Å². The van der Waals surface area contributed by atoms with Gasteiger partial charge in [-0.15, -0.1) is 0 Å². The van der Waals surface area contributed by atoms with Crippen LogP contribution in [0.3, 0.4) is 0 Å². The van der Waals surface area contributed by atoms with Gasteiger partial charge in [-0.2, -0.15) is 5.26 Å². The summed E-state index contributed by atoms with van der Waals surface area (Å²) in [6, 6.07) is 7.24. The number of carbonyl (C=O) groups is 1. The van der Waals surface area contributed by atoms with Crippen LogP contribution in [0, 0.1) is 17.2 Å². The fourth-order valence-electron chi connectivity index (χ4n) is 4.26. The van der Waals surface area contributed by atoms with Crippen LogP contribution in [0.5, 0.6) is 5.75 Å². The van der Waals surface area contributed by atoms with Gasteiger partial charge < -0.3 is 29.6 Å². The normalized spacial score (nSPS) is 14.7. The Hall–Kier alpha value is -3.79. The Kier molecular flexibility index (Phi) is 10.0. The zero-order valence-corrected chi connectivity index (χ0v) is 22.6. The fourth-order valence-corrected chi connectivity index (χ4v) is 4.26. The lowest BCUT2D eigenvalue weighted by atomic mass is 10.1. The highest BCUT2D eigenvalue weighted by molar-refractivity contribution is 5.78. The van der Waals surface area contributed by atoms with E-state index in [1.165, 1.54) is 6.20 Å². The highest BCUT2D eigenvalue weighted by Gasteiger charge is 2.22. The molecule has 12 nitrogen and oxygen atoms in total. The van der Waals surface area contributed by atoms with E-state index in [2.05, 4.69) is 26.7 Å². The maximum atomic E-state index is 12.1. The van der Waals surface area contributed by atoms with Crippen molar-refractivity contribution in [3.63, 3.8) is 0 Å². The minimum Gasteiger partial charge on any atom is -0.487 e. The molecule has 2 N–H and O–H groups in total. The number of carbonyl (C=O) groups excluding carboxylic acids is 1. The van der Waals surface area contributed by atoms with Crippen molar-refractivity contribution in [1.29, 1.82) is 5.26 Å². The van der Waals surface area contributed by atoms with Crippen molar-refractivity contribution in [3.8, 4) is 17.6 Å². The minimum absolute atomic E-state index is 0.137. The predicted molar refractivity (Wildman–Crippen MR) is 144 cm³/mol. The second-order valence-corrected chi connectivity index (χ2v) is 9.48. The third kappa shape index (κ3) is 7.41. The number of esters is 1. The molecule has 3 aromatic rings. The van der Waals surface area contributed by atoms with Crippen LogP contribution < -0.4 is 15.4 Å². The Morgan fingerprint density at radius 3 is 2.69 bits per heavy atom. The van der Waals surface area contributed by atoms with E-state index in [-0.39, 0.29) is 43.8 Å². The van der Waals surface area contributed by atoms with Crippen molar-refractivity contribution in [3.05, 3.63) is 36.3 Å². The molecule has 1 aliphatic rings. The molecular weight excluding hydrogens is 502 g/mol. The molecule has 1 atom stereocenters. The average molecular weight is 538 g/mol. The molecule has 0 saturated carbocycles. The number of imidazole rings is 1. The van der Waals surface area contributed by atoms with E-state index in [1.54, 1.807) is 30.1 Å². The van der Waals surface area contributed by atoms with E-state index in [9.17, 15) is 4.79 Å². The van der Waals surface area contributed by atoms with Crippen molar-refractivity contribution in [2.45, 2.75) is 38.8 Å². The lowest BCUT2D eigenvalue weighted by Gasteiger charge is -2.24. The molecule has 0 spiro atoms. The third-order valence-corrected chi connectivity index (χ3v) is 6.36. The summed E-state index contributed by atoms with van der Waals surface area (Å²) in [5.74, 6) is 1.63. The molecule has 0 radical (unpaired) electrons. The number of nitrogens with zero attached hydrogens (tertiary/aromatic N) is 5. The van der Waals surface area contributed by atoms with Crippen LogP contribution in [0.25, 0.3) is 17.0 Å². The van der Waals surface area contributed by atoms with Crippen molar-refractivity contribution in [2.24, 2.45) is 5.92 Å². The molecule has 1 fully saturated rings. The summed E-state index contributed by atoms with van der Waals surface area (Å²) in [5, 5.41) is 15.5. The number of ether oxygens (including phenoxy) is 4. The van der Waals surface area contributed by atoms with E-state index >= 15 is 0 Å². The Labute approximate surface area is 227 Å². The van der Waals surface area contributed by atoms with Crippen LogP contribution in [-0.4, -0.2) is 84.3 Å². The SMILES string of the molecule is CN[C@H](C(=O)OCCOCCOc1cc2ncn(-c3ccc(C#N)cn3)c2nc1NC1CCOCC1)C(C)C. The van der Waals surface area contributed by atoms with Gasteiger partial charge in [-0.3, -0.25) is 9.36 Å². The standard InChI is InChI=1S/C27H35N7O5/c1-18(2)24(29-3)27(35)39-13-11-37-10-12-38-22-14-21-26(33-25(22)32-20-6-8-36-9-7-20)34(17-31-21)23-5-4-19(15-28)16-30-23/h4-5,14,16-18,20,24,29H,6-13H2,1-3H3,(H,32,33)/t24-/m0/s1. The second kappa shape index (κ2) is 13.8. The number of rotatable bonds is 13. The number of pyridine rings is 2. The molecule has 0 unspecified atom stereocenters. The summed E-state index contributed by atoms with van der Waals surface area (Å²) in [7, 11) is 1.74. The van der Waals surface area contributed by atoms with Gasteiger partial charge in [-0.25, -0.2) is 15.0 Å². The van der Waals surface area contributed by atoms with E-state index in [1.807, 2.05) is 19.9 Å². The number of fused-ring (bicyclic) bond motifs is 1. The molecule has 1 saturated heterocycles. The molecule has 208 valence electrons. The summed E-state index contributed by atoms with van der Waals surface area (Å²) in [6.45, 7) is 6.35. The first kappa shape index (κ1) is 28.2. The number of anilines is 1. The summed E-state index contributed by atoms with van der Waals surface area (Å²) in [4.78, 5) is 25.8. The Balaban J connectivity index is 1.39. The van der Waals surface area contributed by atoms with E-state index in [0.717, 1.165) is 12.8 Å². The first-order valence-corrected chi connectivity index (χ1v) is 13.1. The first-order valence-electron chi connectivity index (χ1n) is 13.1. The van der Waals surface area contributed by atoms with Crippen LogP contribution in [0.2, 0.25) is 0 Å². The molecular formula is C27H35N7O5. The number of hydrogen-bond acceptors (Lipinski definition) is 11. The number of nitriles is 1. The van der Waals surface area contributed by atoms with Gasteiger partial charge in [-0.05, 0) is 37.9 Å². The van der Waals surface area contributed by atoms with Gasteiger partial charge in [0, 0.05) is 31.5 Å². The minimum atomic E-state index is -0.339. The van der Waals surface area contributed by atoms with Crippen LogP contribution in [0.15, 0.2) is 30.7 Å². The summed E-state index contributed by atoms with van der Waals surface area (Å²) < 4.78 is 24.2. The average Bonchev–Trinajstić information content (AvgIpc) is 3.36. The van der Waals surface area contributed by atoms with Crippen molar-refractivity contribution < 1.29 is 23.7 Å². The molecule has 4 rings (SSSR count). The van der Waals surface area contributed by atoms with Crippen molar-refractivity contribution in [2.75, 3.05) is 52.0 Å². The topological polar surface area (TPSA) is 145 Å². The van der Waals surface area contributed by atoms with E-state index in [0.29, 0.717) is 53.9 Å². The zero-order chi connectivity index (χ0) is 27.6. The lowest BCUT2D eigenvalue weighted by Crippen LogP contribution is -2.40. The predicted octanol–water partition coefficient (Wildman–Crippen LogP) is 2.46. The number of nitrogens with one attached hydrogen (secondary N) is 2. The fraction of sp³-hybridized carbons (Fsp3) is 0.519. The number of hydrogen-bond donors (Lipinski definition) is 2. The highest BCUT2D eigenvalue weighted by Crippen LogP contribution is 2.29. The smallest absolute Gasteiger partial charge is 0.323 e. The molecule has 0 amide bonds. The van der Waals surface area contributed by atoms with Crippen molar-refractivity contribution in [1.82, 2.24) is 24.8 Å². The number of aromatic nitrogens is 4. The lowest BCUT2D eigenvalue weighted by molar-refractivity contribution is -0.148. The molecule has 39 heavy (non-hydrogen) atoms. The van der Waals surface area contributed by atoms with E-state index < -0.39 is 0 Å². The monoisotopic (exact) mass is 537 g/mol. The summed E-state index contributed by atoms with van der Waals surface area (Å²) in [5.41, 5.74) is 1.74. The molecule has 12 heteroatoms. The quantitative estimate of drug-likeness (QED) is 0.245. The molecule has 0 aromatic carbocycles.